The zero-order valence-electron chi connectivity index (χ0n) is 12.0. The van der Waals surface area contributed by atoms with Crippen LogP contribution in [0.2, 0.25) is 5.02 Å². The van der Waals surface area contributed by atoms with Crippen LogP contribution in [-0.2, 0) is 0 Å². The molecule has 0 bridgehead atoms. The van der Waals surface area contributed by atoms with Crippen LogP contribution in [0.15, 0.2) is 46.3 Å². The summed E-state index contributed by atoms with van der Waals surface area (Å²) in [6.45, 7) is 1.21. The van der Waals surface area contributed by atoms with Gasteiger partial charge in [-0.2, -0.15) is 4.98 Å². The van der Waals surface area contributed by atoms with Crippen molar-refractivity contribution in [2.75, 3.05) is 13.1 Å². The fraction of sp³-hybridized carbons (Fsp3) is 0.188. The minimum absolute atomic E-state index is 0.0610. The molecular weight excluding hydrogens is 334 g/mol. The summed E-state index contributed by atoms with van der Waals surface area (Å²) in [7, 11) is 0. The quantitative estimate of drug-likeness (QED) is 0.726. The van der Waals surface area contributed by atoms with E-state index in [1.807, 2.05) is 29.6 Å². The van der Waals surface area contributed by atoms with Gasteiger partial charge in [0, 0.05) is 23.7 Å². The lowest BCUT2D eigenvalue weighted by Gasteiger charge is -2.36. The first kappa shape index (κ1) is 14.4. The molecule has 1 saturated heterocycles. The second-order valence-electron chi connectivity index (χ2n) is 5.35. The lowest BCUT2D eigenvalue weighted by Crippen LogP contribution is -2.48. The summed E-state index contributed by atoms with van der Waals surface area (Å²) in [5.74, 6) is 1.24. The maximum Gasteiger partial charge on any atom is 0.263 e. The molecule has 23 heavy (non-hydrogen) atoms. The molecule has 0 aliphatic carbocycles. The van der Waals surface area contributed by atoms with Crippen molar-refractivity contribution in [3.05, 3.63) is 57.6 Å². The minimum atomic E-state index is 0.0610. The van der Waals surface area contributed by atoms with Crippen molar-refractivity contribution in [2.24, 2.45) is 0 Å². The third kappa shape index (κ3) is 2.75. The Bertz CT molecular complexity index is 841. The van der Waals surface area contributed by atoms with Gasteiger partial charge in [0.2, 0.25) is 11.7 Å². The summed E-state index contributed by atoms with van der Waals surface area (Å²) < 4.78 is 5.34. The highest BCUT2D eigenvalue weighted by molar-refractivity contribution is 7.12. The molecule has 116 valence electrons. The first-order valence-electron chi connectivity index (χ1n) is 7.13. The normalized spacial score (nSPS) is 14.7. The van der Waals surface area contributed by atoms with Crippen molar-refractivity contribution in [1.82, 2.24) is 15.0 Å². The molecule has 1 aliphatic rings. The molecule has 5 nitrogen and oxygen atoms in total. The summed E-state index contributed by atoms with van der Waals surface area (Å²) in [6.07, 6.45) is 0. The van der Waals surface area contributed by atoms with Gasteiger partial charge in [0.15, 0.2) is 0 Å². The number of hydrogen-bond donors (Lipinski definition) is 0. The Balaban J connectivity index is 1.44. The van der Waals surface area contributed by atoms with Gasteiger partial charge in [-0.15, -0.1) is 11.3 Å². The predicted octanol–water partition coefficient (Wildman–Crippen LogP) is 3.69. The first-order chi connectivity index (χ1) is 11.2. The molecular formula is C16H12ClN3O2S. The van der Waals surface area contributed by atoms with Gasteiger partial charge in [0.25, 0.3) is 5.91 Å². The summed E-state index contributed by atoms with van der Waals surface area (Å²) in [4.78, 5) is 19.2. The molecule has 0 saturated carbocycles. The average molecular weight is 346 g/mol. The molecule has 7 heteroatoms. The third-order valence-corrected chi connectivity index (χ3v) is 4.87. The fourth-order valence-corrected chi connectivity index (χ4v) is 3.38. The Labute approximate surface area is 141 Å². The van der Waals surface area contributed by atoms with Crippen molar-refractivity contribution in [2.45, 2.75) is 5.92 Å². The van der Waals surface area contributed by atoms with E-state index in [1.54, 1.807) is 17.0 Å². The zero-order valence-corrected chi connectivity index (χ0v) is 13.5. The number of nitrogens with zero attached hydrogens (tertiary/aromatic N) is 3. The van der Waals surface area contributed by atoms with Gasteiger partial charge in [-0.3, -0.25) is 4.79 Å². The molecule has 1 aliphatic heterocycles. The van der Waals surface area contributed by atoms with E-state index in [-0.39, 0.29) is 11.8 Å². The van der Waals surface area contributed by atoms with Crippen LogP contribution in [0.3, 0.4) is 0 Å². The molecule has 0 spiro atoms. The smallest absolute Gasteiger partial charge is 0.263 e. The van der Waals surface area contributed by atoms with Crippen molar-refractivity contribution in [1.29, 1.82) is 0 Å². The molecule has 1 aromatic carbocycles. The monoisotopic (exact) mass is 345 g/mol. The van der Waals surface area contributed by atoms with Crippen LogP contribution in [-0.4, -0.2) is 34.0 Å². The molecule has 3 heterocycles. The molecule has 0 unspecified atom stereocenters. The van der Waals surface area contributed by atoms with E-state index in [9.17, 15) is 4.79 Å². The Morgan fingerprint density at radius 3 is 2.91 bits per heavy atom. The summed E-state index contributed by atoms with van der Waals surface area (Å²) in [5.41, 5.74) is 0.818. The standard InChI is InChI=1S/C16H12ClN3O2S/c17-12-4-1-3-10(7-12)14-18-15(22-19-14)11-8-20(9-11)16(21)13-5-2-6-23-13/h1-7,11H,8-9H2. The van der Waals surface area contributed by atoms with Crippen LogP contribution in [0.4, 0.5) is 0 Å². The van der Waals surface area contributed by atoms with Crippen LogP contribution >= 0.6 is 22.9 Å². The van der Waals surface area contributed by atoms with Gasteiger partial charge < -0.3 is 9.42 Å². The number of amides is 1. The maximum atomic E-state index is 12.2. The van der Waals surface area contributed by atoms with Gasteiger partial charge in [0.1, 0.15) is 0 Å². The number of aromatic nitrogens is 2. The number of benzene rings is 1. The van der Waals surface area contributed by atoms with E-state index in [4.69, 9.17) is 16.1 Å². The van der Waals surface area contributed by atoms with E-state index in [0.717, 1.165) is 10.4 Å². The highest BCUT2D eigenvalue weighted by Gasteiger charge is 2.36. The van der Waals surface area contributed by atoms with Crippen molar-refractivity contribution >= 4 is 28.8 Å². The number of rotatable bonds is 3. The van der Waals surface area contributed by atoms with Crippen LogP contribution in [0, 0.1) is 0 Å². The van der Waals surface area contributed by atoms with E-state index < -0.39 is 0 Å². The van der Waals surface area contributed by atoms with Gasteiger partial charge in [-0.1, -0.05) is 35.0 Å². The second-order valence-corrected chi connectivity index (χ2v) is 6.74. The molecule has 1 fully saturated rings. The molecule has 4 rings (SSSR count). The fourth-order valence-electron chi connectivity index (χ4n) is 2.50. The SMILES string of the molecule is O=C(c1cccs1)N1CC(c2nc(-c3cccc(Cl)c3)no2)C1. The number of hydrogen-bond acceptors (Lipinski definition) is 5. The number of likely N-dealkylation sites (tertiary alicyclic amines) is 1. The molecule has 0 atom stereocenters. The Hall–Kier alpha value is -2.18. The summed E-state index contributed by atoms with van der Waals surface area (Å²) in [6, 6.07) is 11.0. The Morgan fingerprint density at radius 1 is 1.30 bits per heavy atom. The largest absolute Gasteiger partial charge is 0.339 e. The zero-order chi connectivity index (χ0) is 15.8. The molecule has 1 amide bonds. The lowest BCUT2D eigenvalue weighted by atomic mass is 10.00. The minimum Gasteiger partial charge on any atom is -0.339 e. The van der Waals surface area contributed by atoms with Crippen LogP contribution in [0.25, 0.3) is 11.4 Å². The predicted molar refractivity (Wildman–Crippen MR) is 87.7 cm³/mol. The highest BCUT2D eigenvalue weighted by Crippen LogP contribution is 2.29. The molecule has 0 N–H and O–H groups in total. The summed E-state index contributed by atoms with van der Waals surface area (Å²) in [5, 5.41) is 6.54. The van der Waals surface area contributed by atoms with Gasteiger partial charge >= 0.3 is 0 Å². The van der Waals surface area contributed by atoms with Crippen molar-refractivity contribution < 1.29 is 9.32 Å². The number of carbonyl (C=O) groups is 1. The number of halogens is 1. The number of thiophene rings is 1. The Morgan fingerprint density at radius 2 is 2.17 bits per heavy atom. The van der Waals surface area contributed by atoms with Crippen LogP contribution in [0.5, 0.6) is 0 Å². The topological polar surface area (TPSA) is 59.2 Å². The second kappa shape index (κ2) is 5.79. The maximum absolute atomic E-state index is 12.2. The van der Waals surface area contributed by atoms with E-state index in [1.165, 1.54) is 11.3 Å². The van der Waals surface area contributed by atoms with Crippen molar-refractivity contribution in [3.63, 3.8) is 0 Å². The summed E-state index contributed by atoms with van der Waals surface area (Å²) >= 11 is 7.43. The van der Waals surface area contributed by atoms with Gasteiger partial charge in [-0.25, -0.2) is 0 Å². The van der Waals surface area contributed by atoms with Crippen molar-refractivity contribution in [3.8, 4) is 11.4 Å². The van der Waals surface area contributed by atoms with Crippen LogP contribution in [0.1, 0.15) is 21.5 Å². The van der Waals surface area contributed by atoms with E-state index in [0.29, 0.717) is 29.8 Å². The lowest BCUT2D eigenvalue weighted by molar-refractivity contribution is 0.0574. The van der Waals surface area contributed by atoms with Crippen LogP contribution < -0.4 is 0 Å². The van der Waals surface area contributed by atoms with E-state index >= 15 is 0 Å². The average Bonchev–Trinajstić information content (AvgIpc) is 3.17. The van der Waals surface area contributed by atoms with E-state index in [2.05, 4.69) is 10.1 Å². The van der Waals surface area contributed by atoms with Gasteiger partial charge in [0.05, 0.1) is 10.8 Å². The number of carbonyl (C=O) groups excluding carboxylic acids is 1. The Kier molecular flexibility index (Phi) is 3.63. The molecule has 0 radical (unpaired) electrons. The highest BCUT2D eigenvalue weighted by atomic mass is 35.5. The first-order valence-corrected chi connectivity index (χ1v) is 8.39. The third-order valence-electron chi connectivity index (χ3n) is 3.77. The van der Waals surface area contributed by atoms with Gasteiger partial charge in [-0.05, 0) is 23.6 Å². The molecule has 3 aromatic rings. The molecule has 2 aromatic heterocycles.